The number of carbonyl (C=O) groups excluding carboxylic acids is 1. The third kappa shape index (κ3) is 6.29. The number of amides is 1. The molecule has 1 N–H and O–H groups in total. The molecular weight excluding hydrogens is 539 g/mol. The first kappa shape index (κ1) is 29.3. The number of piperidine rings is 2. The molecule has 1 amide bonds. The molecule has 0 unspecified atom stereocenters. The van der Waals surface area contributed by atoms with Gasteiger partial charge in [0, 0.05) is 42.1 Å². The minimum Gasteiger partial charge on any atom is -0.345 e. The van der Waals surface area contributed by atoms with E-state index in [0.29, 0.717) is 40.3 Å². The van der Waals surface area contributed by atoms with Crippen LogP contribution in [0.2, 0.25) is 0 Å². The Morgan fingerprint density at radius 1 is 0.860 bits per heavy atom. The molecule has 0 bridgehead atoms. The monoisotopic (exact) mass is 580 g/mol. The molecule has 0 saturated carbocycles. The van der Waals surface area contributed by atoms with Crippen molar-refractivity contribution in [2.45, 2.75) is 64.1 Å². The maximum Gasteiger partial charge on any atom is 0.263 e. The van der Waals surface area contributed by atoms with Crippen LogP contribution in [0.4, 0.5) is 4.39 Å². The Balaban J connectivity index is 1.42. The van der Waals surface area contributed by atoms with Gasteiger partial charge in [-0.05, 0) is 81.1 Å². The minimum atomic E-state index is -0.370. The van der Waals surface area contributed by atoms with Crippen LogP contribution < -0.4 is 10.9 Å². The topological polar surface area (TPSA) is 57.6 Å². The van der Waals surface area contributed by atoms with Crippen LogP contribution in [-0.4, -0.2) is 52.5 Å². The van der Waals surface area contributed by atoms with Crippen LogP contribution in [0.3, 0.4) is 0 Å². The first-order valence-corrected chi connectivity index (χ1v) is 15.8. The number of nitrogens with zero attached hydrogens (tertiary/aromatic N) is 3. The smallest absolute Gasteiger partial charge is 0.263 e. The summed E-state index contributed by atoms with van der Waals surface area (Å²) in [5.74, 6) is -0.577. The van der Waals surface area contributed by atoms with Gasteiger partial charge in [-0.2, -0.15) is 0 Å². The number of rotatable bonds is 8. The summed E-state index contributed by atoms with van der Waals surface area (Å²) >= 11 is 0. The molecule has 0 spiro atoms. The molecule has 2 aliphatic heterocycles. The van der Waals surface area contributed by atoms with Crippen molar-refractivity contribution in [1.82, 2.24) is 19.7 Å². The number of nitrogens with one attached hydrogen (secondary N) is 1. The van der Waals surface area contributed by atoms with Crippen LogP contribution in [0.15, 0.2) is 83.7 Å². The van der Waals surface area contributed by atoms with E-state index in [4.69, 9.17) is 0 Å². The molecule has 0 aliphatic carbocycles. The molecular formula is C36H41FN4O2. The van der Waals surface area contributed by atoms with E-state index in [1.54, 1.807) is 22.8 Å². The van der Waals surface area contributed by atoms with E-state index in [0.717, 1.165) is 37.9 Å². The summed E-state index contributed by atoms with van der Waals surface area (Å²) < 4.78 is 15.6. The van der Waals surface area contributed by atoms with Gasteiger partial charge in [0.05, 0.1) is 17.3 Å². The van der Waals surface area contributed by atoms with E-state index in [9.17, 15) is 14.0 Å². The van der Waals surface area contributed by atoms with E-state index >= 15 is 0 Å². The Labute approximate surface area is 253 Å². The summed E-state index contributed by atoms with van der Waals surface area (Å²) in [6.45, 7) is 6.67. The lowest BCUT2D eigenvalue weighted by molar-refractivity contribution is 0.0873. The molecule has 224 valence electrons. The predicted molar refractivity (Wildman–Crippen MR) is 170 cm³/mol. The van der Waals surface area contributed by atoms with Gasteiger partial charge >= 0.3 is 0 Å². The summed E-state index contributed by atoms with van der Waals surface area (Å²) in [6.07, 6.45) is 6.75. The second-order valence-electron chi connectivity index (χ2n) is 11.9. The van der Waals surface area contributed by atoms with Gasteiger partial charge in [0.1, 0.15) is 5.82 Å². The highest BCUT2D eigenvalue weighted by atomic mass is 19.1. The van der Waals surface area contributed by atoms with Gasteiger partial charge in [-0.3, -0.25) is 19.1 Å². The average Bonchev–Trinajstić information content (AvgIpc) is 3.05. The van der Waals surface area contributed by atoms with Crippen LogP contribution in [0.1, 0.15) is 73.1 Å². The van der Waals surface area contributed by atoms with Crippen molar-refractivity contribution in [2.24, 2.45) is 0 Å². The average molecular weight is 581 g/mol. The number of benzene rings is 3. The summed E-state index contributed by atoms with van der Waals surface area (Å²) in [6, 6.07) is 23.7. The maximum atomic E-state index is 14.4. The molecule has 4 aromatic rings. The molecule has 2 aliphatic rings. The van der Waals surface area contributed by atoms with Gasteiger partial charge in [0.2, 0.25) is 0 Å². The van der Waals surface area contributed by atoms with Crippen LogP contribution in [-0.2, 0) is 6.54 Å². The Morgan fingerprint density at radius 2 is 1.51 bits per heavy atom. The van der Waals surface area contributed by atoms with Gasteiger partial charge in [-0.1, -0.05) is 61.9 Å². The Morgan fingerprint density at radius 3 is 2.19 bits per heavy atom. The van der Waals surface area contributed by atoms with Crippen molar-refractivity contribution < 1.29 is 9.18 Å². The number of hydrogen-bond acceptors (Lipinski definition) is 4. The van der Waals surface area contributed by atoms with E-state index < -0.39 is 0 Å². The zero-order valence-electron chi connectivity index (χ0n) is 25.0. The molecule has 1 aromatic heterocycles. The number of hydrogen-bond donors (Lipinski definition) is 1. The number of halogens is 1. The first-order valence-electron chi connectivity index (χ1n) is 15.8. The summed E-state index contributed by atoms with van der Waals surface area (Å²) in [4.78, 5) is 33.5. The molecule has 2 saturated heterocycles. The van der Waals surface area contributed by atoms with E-state index in [-0.39, 0.29) is 23.3 Å². The zero-order chi connectivity index (χ0) is 29.8. The van der Waals surface area contributed by atoms with Crippen LogP contribution in [0, 0.1) is 5.82 Å². The van der Waals surface area contributed by atoms with Gasteiger partial charge in [0.15, 0.2) is 0 Å². The number of likely N-dealkylation sites (tertiary alicyclic amines) is 2. The van der Waals surface area contributed by atoms with Gasteiger partial charge in [-0.25, -0.2) is 4.39 Å². The lowest BCUT2D eigenvalue weighted by Crippen LogP contribution is -2.47. The SMILES string of the molecule is CC[C@H](NC(=O)c1c(CN2CCC(N3CCCCC3)CC2)n(-c2ccc(F)cc2)c(=O)c2ccccc12)c1ccccc1. The van der Waals surface area contributed by atoms with E-state index in [1.165, 1.54) is 44.5 Å². The fraction of sp³-hybridized carbons (Fsp3) is 0.389. The summed E-state index contributed by atoms with van der Waals surface area (Å²) in [5, 5.41) is 4.40. The van der Waals surface area contributed by atoms with Crippen LogP contribution in [0.5, 0.6) is 0 Å². The van der Waals surface area contributed by atoms with Crippen molar-refractivity contribution in [3.8, 4) is 5.69 Å². The second-order valence-corrected chi connectivity index (χ2v) is 11.9. The third-order valence-electron chi connectivity index (χ3n) is 9.25. The largest absolute Gasteiger partial charge is 0.345 e. The quantitative estimate of drug-likeness (QED) is 0.260. The molecule has 0 radical (unpaired) electrons. The Bertz CT molecular complexity index is 1600. The van der Waals surface area contributed by atoms with Crippen molar-refractivity contribution >= 4 is 16.7 Å². The highest BCUT2D eigenvalue weighted by Gasteiger charge is 2.29. The fourth-order valence-electron chi connectivity index (χ4n) is 6.94. The lowest BCUT2D eigenvalue weighted by Gasteiger charge is -2.40. The number of fused-ring (bicyclic) bond motifs is 1. The Hall–Kier alpha value is -3.81. The van der Waals surface area contributed by atoms with E-state index in [1.807, 2.05) is 48.5 Å². The first-order chi connectivity index (χ1) is 21.0. The zero-order valence-corrected chi connectivity index (χ0v) is 25.0. The molecule has 2 fully saturated rings. The van der Waals surface area contributed by atoms with E-state index in [2.05, 4.69) is 22.0 Å². The van der Waals surface area contributed by atoms with Gasteiger partial charge < -0.3 is 10.2 Å². The predicted octanol–water partition coefficient (Wildman–Crippen LogP) is 6.46. The van der Waals surface area contributed by atoms with Crippen molar-refractivity contribution in [2.75, 3.05) is 26.2 Å². The van der Waals surface area contributed by atoms with Gasteiger partial charge in [0.25, 0.3) is 11.5 Å². The molecule has 6 rings (SSSR count). The molecule has 43 heavy (non-hydrogen) atoms. The molecule has 1 atom stereocenters. The second kappa shape index (κ2) is 13.2. The van der Waals surface area contributed by atoms with Crippen molar-refractivity contribution in [1.29, 1.82) is 0 Å². The standard InChI is InChI=1S/C36H41FN4O2/c1-2-32(26-11-5-3-6-12-26)38-35(42)34-30-13-7-8-14-31(30)36(43)41(29-17-15-27(37)16-18-29)33(34)25-39-23-19-28(20-24-39)40-21-9-4-10-22-40/h3,5-8,11-18,28,32H,2,4,9-10,19-25H2,1H3,(H,38,42)/t32-/m0/s1. The normalized spacial score (nSPS) is 17.6. The van der Waals surface area contributed by atoms with Crippen molar-refractivity contribution in [3.63, 3.8) is 0 Å². The highest BCUT2D eigenvalue weighted by Crippen LogP contribution is 2.28. The molecule has 3 heterocycles. The van der Waals surface area contributed by atoms with Crippen LogP contribution >= 0.6 is 0 Å². The Kier molecular flexibility index (Phi) is 9.00. The summed E-state index contributed by atoms with van der Waals surface area (Å²) in [7, 11) is 0. The fourth-order valence-corrected chi connectivity index (χ4v) is 6.94. The lowest BCUT2D eigenvalue weighted by atomic mass is 9.97. The maximum absolute atomic E-state index is 14.4. The number of pyridine rings is 1. The van der Waals surface area contributed by atoms with Crippen LogP contribution in [0.25, 0.3) is 16.5 Å². The molecule has 7 heteroatoms. The summed E-state index contributed by atoms with van der Waals surface area (Å²) in [5.41, 5.74) is 2.54. The number of aromatic nitrogens is 1. The molecule has 6 nitrogen and oxygen atoms in total. The minimum absolute atomic E-state index is 0.174. The molecule has 3 aromatic carbocycles. The number of carbonyl (C=O) groups is 1. The highest BCUT2D eigenvalue weighted by molar-refractivity contribution is 6.08. The van der Waals surface area contributed by atoms with Gasteiger partial charge in [-0.15, -0.1) is 0 Å². The van der Waals surface area contributed by atoms with Crippen molar-refractivity contribution in [3.05, 3.63) is 112 Å². The third-order valence-corrected chi connectivity index (χ3v) is 9.25.